The first kappa shape index (κ1) is 16.6. The van der Waals surface area contributed by atoms with Crippen LogP contribution in [0.1, 0.15) is 40.4 Å². The highest BCUT2D eigenvalue weighted by atomic mass is 16.5. The van der Waals surface area contributed by atoms with Crippen molar-refractivity contribution in [2.75, 3.05) is 0 Å². The molecule has 0 bridgehead atoms. The van der Waals surface area contributed by atoms with Crippen molar-refractivity contribution in [3.8, 4) is 0 Å². The maximum atomic E-state index is 12.3. The molecule has 3 aromatic rings. The number of ether oxygens (including phenoxy) is 1. The number of hydrogen-bond acceptors (Lipinski definition) is 4. The van der Waals surface area contributed by atoms with Crippen molar-refractivity contribution in [3.63, 3.8) is 0 Å². The molecule has 4 rings (SSSR count). The van der Waals surface area contributed by atoms with E-state index < -0.39 is 12.1 Å². The number of furan rings is 1. The molecule has 132 valence electrons. The molecule has 0 saturated heterocycles. The van der Waals surface area contributed by atoms with E-state index in [1.54, 1.807) is 37.5 Å². The highest BCUT2D eigenvalue weighted by Crippen LogP contribution is 2.30. The first-order valence-electron chi connectivity index (χ1n) is 8.92. The number of hydrogen-bond donors (Lipinski definition) is 0. The average Bonchev–Trinajstić information content (AvgIpc) is 3.26. The molecule has 2 aromatic carbocycles. The SMILES string of the molecule is CC(OC(=O)Cc1coc2cc3c(cc12)CCC3)C(=O)c1ccccc1. The summed E-state index contributed by atoms with van der Waals surface area (Å²) in [5.41, 5.74) is 4.82. The number of fused-ring (bicyclic) bond motifs is 2. The number of rotatable bonds is 5. The lowest BCUT2D eigenvalue weighted by molar-refractivity contribution is -0.145. The summed E-state index contributed by atoms with van der Waals surface area (Å²) < 4.78 is 11.0. The summed E-state index contributed by atoms with van der Waals surface area (Å²) in [6.07, 6.45) is 4.22. The summed E-state index contributed by atoms with van der Waals surface area (Å²) >= 11 is 0. The van der Waals surface area contributed by atoms with Gasteiger partial charge in [-0.1, -0.05) is 30.3 Å². The first-order valence-corrected chi connectivity index (χ1v) is 8.92. The zero-order valence-corrected chi connectivity index (χ0v) is 14.7. The molecule has 0 saturated carbocycles. The second kappa shape index (κ2) is 6.79. The number of carbonyl (C=O) groups is 2. The molecule has 4 nitrogen and oxygen atoms in total. The van der Waals surface area contributed by atoms with Crippen LogP contribution < -0.4 is 0 Å². The van der Waals surface area contributed by atoms with Crippen molar-refractivity contribution in [1.82, 2.24) is 0 Å². The van der Waals surface area contributed by atoms with E-state index in [2.05, 4.69) is 12.1 Å². The number of ketones is 1. The molecule has 1 heterocycles. The van der Waals surface area contributed by atoms with Crippen LogP contribution in [0.15, 0.2) is 53.1 Å². The van der Waals surface area contributed by atoms with Gasteiger partial charge in [-0.3, -0.25) is 9.59 Å². The van der Waals surface area contributed by atoms with Crippen molar-refractivity contribution in [2.45, 2.75) is 38.7 Å². The monoisotopic (exact) mass is 348 g/mol. The Morgan fingerprint density at radius 3 is 2.62 bits per heavy atom. The second-order valence-corrected chi connectivity index (χ2v) is 6.77. The lowest BCUT2D eigenvalue weighted by Crippen LogP contribution is -2.25. The number of Topliss-reactive ketones (excluding diaryl/α,β-unsaturated/α-hetero) is 1. The van der Waals surface area contributed by atoms with Gasteiger partial charge < -0.3 is 9.15 Å². The molecule has 0 spiro atoms. The van der Waals surface area contributed by atoms with E-state index >= 15 is 0 Å². The van der Waals surface area contributed by atoms with Gasteiger partial charge in [0.15, 0.2) is 6.10 Å². The summed E-state index contributed by atoms with van der Waals surface area (Å²) in [6, 6.07) is 13.1. The predicted molar refractivity (Wildman–Crippen MR) is 98.3 cm³/mol. The Bertz CT molecular complexity index is 968. The smallest absolute Gasteiger partial charge is 0.311 e. The average molecular weight is 348 g/mol. The van der Waals surface area contributed by atoms with Crippen LogP contribution >= 0.6 is 0 Å². The third-order valence-electron chi connectivity index (χ3n) is 4.94. The normalized spacial score (nSPS) is 14.2. The molecule has 1 atom stereocenters. The number of aryl methyl sites for hydroxylation is 2. The minimum Gasteiger partial charge on any atom is -0.464 e. The van der Waals surface area contributed by atoms with Crippen molar-refractivity contribution in [2.24, 2.45) is 0 Å². The van der Waals surface area contributed by atoms with Gasteiger partial charge in [0.2, 0.25) is 5.78 Å². The molecule has 1 aromatic heterocycles. The Hall–Kier alpha value is -2.88. The van der Waals surface area contributed by atoms with Crippen molar-refractivity contribution >= 4 is 22.7 Å². The van der Waals surface area contributed by atoms with Crippen LogP contribution in [0.5, 0.6) is 0 Å². The van der Waals surface area contributed by atoms with Gasteiger partial charge in [-0.05, 0) is 49.4 Å². The largest absolute Gasteiger partial charge is 0.464 e. The molecule has 0 amide bonds. The molecule has 1 unspecified atom stereocenters. The second-order valence-electron chi connectivity index (χ2n) is 6.77. The fourth-order valence-electron chi connectivity index (χ4n) is 3.57. The number of esters is 1. The predicted octanol–water partition coefficient (Wildman–Crippen LogP) is 4.28. The van der Waals surface area contributed by atoms with E-state index in [4.69, 9.17) is 9.15 Å². The van der Waals surface area contributed by atoms with Gasteiger partial charge in [0.1, 0.15) is 5.58 Å². The van der Waals surface area contributed by atoms with Crippen LogP contribution in [0.2, 0.25) is 0 Å². The molecule has 1 aliphatic carbocycles. The van der Waals surface area contributed by atoms with E-state index in [0.717, 1.165) is 29.4 Å². The Kier molecular flexibility index (Phi) is 4.33. The molecule has 4 heteroatoms. The maximum absolute atomic E-state index is 12.3. The highest BCUT2D eigenvalue weighted by Gasteiger charge is 2.21. The summed E-state index contributed by atoms with van der Waals surface area (Å²) in [5.74, 6) is -0.626. The fourth-order valence-corrected chi connectivity index (χ4v) is 3.57. The molecule has 1 aliphatic rings. The summed E-state index contributed by atoms with van der Waals surface area (Å²) in [4.78, 5) is 24.6. The zero-order valence-electron chi connectivity index (χ0n) is 14.7. The van der Waals surface area contributed by atoms with Crippen LogP contribution in [0.25, 0.3) is 11.0 Å². The van der Waals surface area contributed by atoms with E-state index in [1.165, 1.54) is 17.5 Å². The van der Waals surface area contributed by atoms with Crippen molar-refractivity contribution in [3.05, 3.63) is 71.0 Å². The van der Waals surface area contributed by atoms with Crippen molar-refractivity contribution in [1.29, 1.82) is 0 Å². The van der Waals surface area contributed by atoms with Crippen molar-refractivity contribution < 1.29 is 18.7 Å². The van der Waals surface area contributed by atoms with Gasteiger partial charge in [-0.15, -0.1) is 0 Å². The van der Waals surface area contributed by atoms with Crippen LogP contribution in [0.4, 0.5) is 0 Å². The molecular weight excluding hydrogens is 328 g/mol. The van der Waals surface area contributed by atoms with Gasteiger partial charge >= 0.3 is 5.97 Å². The van der Waals surface area contributed by atoms with Gasteiger partial charge in [0.25, 0.3) is 0 Å². The van der Waals surface area contributed by atoms with Crippen LogP contribution in [-0.4, -0.2) is 17.9 Å². The minimum absolute atomic E-state index is 0.0954. The lowest BCUT2D eigenvalue weighted by Gasteiger charge is -2.12. The molecule has 26 heavy (non-hydrogen) atoms. The van der Waals surface area contributed by atoms with Gasteiger partial charge in [-0.25, -0.2) is 0 Å². The first-order chi connectivity index (χ1) is 12.6. The van der Waals surface area contributed by atoms with Crippen LogP contribution in [0.3, 0.4) is 0 Å². The summed E-state index contributed by atoms with van der Waals surface area (Å²) in [7, 11) is 0. The Labute approximate surface area is 151 Å². The summed E-state index contributed by atoms with van der Waals surface area (Å²) in [6.45, 7) is 1.60. The van der Waals surface area contributed by atoms with Gasteiger partial charge in [0.05, 0.1) is 12.7 Å². The Morgan fingerprint density at radius 1 is 1.12 bits per heavy atom. The highest BCUT2D eigenvalue weighted by molar-refractivity contribution is 6.00. The Balaban J connectivity index is 1.47. The molecule has 0 radical (unpaired) electrons. The summed E-state index contributed by atoms with van der Waals surface area (Å²) in [5, 5.41) is 0.963. The Morgan fingerprint density at radius 2 is 1.85 bits per heavy atom. The number of benzene rings is 2. The number of carbonyl (C=O) groups excluding carboxylic acids is 2. The third-order valence-corrected chi connectivity index (χ3v) is 4.94. The van der Waals surface area contributed by atoms with E-state index in [0.29, 0.717) is 5.56 Å². The van der Waals surface area contributed by atoms with Crippen LogP contribution in [0, 0.1) is 0 Å². The molecular formula is C22H20O4. The van der Waals surface area contributed by atoms with E-state index in [9.17, 15) is 9.59 Å². The van der Waals surface area contributed by atoms with Gasteiger partial charge in [-0.2, -0.15) is 0 Å². The maximum Gasteiger partial charge on any atom is 0.311 e. The quantitative estimate of drug-likeness (QED) is 0.510. The lowest BCUT2D eigenvalue weighted by atomic mass is 10.0. The molecule has 0 N–H and O–H groups in total. The zero-order chi connectivity index (χ0) is 18.1. The molecule has 0 aliphatic heterocycles. The topological polar surface area (TPSA) is 56.5 Å². The van der Waals surface area contributed by atoms with E-state index in [1.807, 2.05) is 6.07 Å². The third kappa shape index (κ3) is 3.15. The van der Waals surface area contributed by atoms with Gasteiger partial charge in [0, 0.05) is 16.5 Å². The van der Waals surface area contributed by atoms with Crippen LogP contribution in [-0.2, 0) is 28.8 Å². The fraction of sp³-hybridized carbons (Fsp3) is 0.273. The molecule has 0 fully saturated rings. The van der Waals surface area contributed by atoms with E-state index in [-0.39, 0.29) is 12.2 Å². The standard InChI is InChI=1S/C22H20O4/c1-14(22(24)15-6-3-2-4-7-15)26-21(23)12-18-13-25-20-11-17-9-5-8-16(17)10-19(18)20/h2-4,6-7,10-11,13-14H,5,8-9,12H2,1H3. The minimum atomic E-state index is -0.813.